The number of nitrogens with one attached hydrogen (secondary N) is 2. The molecule has 1 unspecified atom stereocenters. The van der Waals surface area contributed by atoms with Crippen LogP contribution in [0.25, 0.3) is 0 Å². The molecule has 24 heavy (non-hydrogen) atoms. The summed E-state index contributed by atoms with van der Waals surface area (Å²) in [4.78, 5) is 13.2. The van der Waals surface area contributed by atoms with Gasteiger partial charge in [0.2, 0.25) is 0 Å². The van der Waals surface area contributed by atoms with E-state index in [2.05, 4.69) is 5.32 Å². The summed E-state index contributed by atoms with van der Waals surface area (Å²) in [5, 5.41) is 3.27. The van der Waals surface area contributed by atoms with Crippen molar-refractivity contribution in [1.29, 1.82) is 0 Å². The van der Waals surface area contributed by atoms with E-state index < -0.39 is 5.82 Å². The molecule has 0 aliphatic carbocycles. The molecule has 2 N–H and O–H groups in total. The molecule has 6 heteroatoms. The third kappa shape index (κ3) is 5.22. The lowest BCUT2D eigenvalue weighted by atomic mass is 10.2. The minimum Gasteiger partial charge on any atom is -0.488 e. The molecule has 0 aliphatic heterocycles. The van der Waals surface area contributed by atoms with Crippen molar-refractivity contribution in [2.45, 2.75) is 13.0 Å². The van der Waals surface area contributed by atoms with Gasteiger partial charge in [-0.05, 0) is 43.3 Å². The van der Waals surface area contributed by atoms with Crippen LogP contribution in [0.4, 0.5) is 10.1 Å². The van der Waals surface area contributed by atoms with Crippen LogP contribution in [0.1, 0.15) is 6.92 Å². The second kappa shape index (κ2) is 8.66. The lowest BCUT2D eigenvalue weighted by Gasteiger charge is -2.21. The number of amides is 1. The first-order valence-corrected chi connectivity index (χ1v) is 8.11. The van der Waals surface area contributed by atoms with Crippen molar-refractivity contribution in [1.82, 2.24) is 0 Å². The lowest BCUT2D eigenvalue weighted by Crippen LogP contribution is -3.14. The summed E-state index contributed by atoms with van der Waals surface area (Å²) >= 11 is 5.82. The van der Waals surface area contributed by atoms with Crippen molar-refractivity contribution in [3.63, 3.8) is 0 Å². The molecule has 2 atom stereocenters. The Hall–Kier alpha value is -2.11. The Bertz CT molecular complexity index is 679. The van der Waals surface area contributed by atoms with Gasteiger partial charge in [0.1, 0.15) is 24.7 Å². The minimum absolute atomic E-state index is 0.194. The molecule has 128 valence electrons. The quantitative estimate of drug-likeness (QED) is 0.804. The molecule has 0 spiro atoms. The average molecular weight is 352 g/mol. The molecule has 1 amide bonds. The number of hydrogen-bond acceptors (Lipinski definition) is 2. The van der Waals surface area contributed by atoms with Gasteiger partial charge in [-0.25, -0.2) is 4.39 Å². The number of carbonyl (C=O) groups excluding carboxylic acids is 1. The van der Waals surface area contributed by atoms with Crippen LogP contribution < -0.4 is 15.0 Å². The normalized spacial score (nSPS) is 13.2. The molecule has 0 aromatic heterocycles. The van der Waals surface area contributed by atoms with Gasteiger partial charge < -0.3 is 15.0 Å². The van der Waals surface area contributed by atoms with Crippen LogP contribution >= 0.6 is 11.6 Å². The molecule has 0 saturated carbocycles. The zero-order valence-electron chi connectivity index (χ0n) is 13.7. The number of ether oxygens (including phenoxy) is 1. The second-order valence-corrected chi connectivity index (χ2v) is 6.03. The van der Waals surface area contributed by atoms with Crippen molar-refractivity contribution < 1.29 is 18.8 Å². The standard InChI is InChI=1S/C18H20ClFN2O2/c1-13(18(23)21-17-6-4-3-5-16(17)20)22(2)11-12-24-15-9-7-14(19)8-10-15/h3-10,13H,11-12H2,1-2H3,(H,21,23)/p+1/t13-/m1/s1. The largest absolute Gasteiger partial charge is 0.488 e. The highest BCUT2D eigenvalue weighted by Gasteiger charge is 2.22. The molecule has 0 radical (unpaired) electrons. The molecule has 2 aromatic carbocycles. The molecule has 0 heterocycles. The fourth-order valence-electron chi connectivity index (χ4n) is 2.10. The summed E-state index contributed by atoms with van der Waals surface area (Å²) in [5.74, 6) is 0.0570. The molecular formula is C18H21ClFN2O2+. The topological polar surface area (TPSA) is 42.8 Å². The van der Waals surface area contributed by atoms with Crippen molar-refractivity contribution >= 4 is 23.2 Å². The predicted molar refractivity (Wildman–Crippen MR) is 93.2 cm³/mol. The van der Waals surface area contributed by atoms with Gasteiger partial charge in [0, 0.05) is 5.02 Å². The SMILES string of the molecule is C[C@H](C(=O)Nc1ccccc1F)[NH+](C)CCOc1ccc(Cl)cc1. The molecule has 2 rings (SSSR count). The first kappa shape index (κ1) is 18.2. The number of likely N-dealkylation sites (N-methyl/N-ethyl adjacent to an activating group) is 1. The zero-order valence-corrected chi connectivity index (χ0v) is 14.4. The van der Waals surface area contributed by atoms with E-state index in [-0.39, 0.29) is 17.6 Å². The third-order valence-electron chi connectivity index (χ3n) is 3.84. The maximum absolute atomic E-state index is 13.6. The van der Waals surface area contributed by atoms with E-state index in [0.29, 0.717) is 18.2 Å². The van der Waals surface area contributed by atoms with Crippen LogP contribution in [0.2, 0.25) is 5.02 Å². The van der Waals surface area contributed by atoms with Gasteiger partial charge in [0.25, 0.3) is 5.91 Å². The first-order valence-electron chi connectivity index (χ1n) is 7.73. The van der Waals surface area contributed by atoms with Crippen LogP contribution in [-0.4, -0.2) is 32.1 Å². The van der Waals surface area contributed by atoms with Crippen LogP contribution in [0.15, 0.2) is 48.5 Å². The summed E-state index contributed by atoms with van der Waals surface area (Å²) in [6.45, 7) is 2.90. The number of anilines is 1. The molecule has 0 bridgehead atoms. The van der Waals surface area contributed by atoms with E-state index in [1.54, 1.807) is 49.4 Å². The molecule has 0 aliphatic rings. The van der Waals surface area contributed by atoms with Crippen molar-refractivity contribution in [2.24, 2.45) is 0 Å². The number of quaternary nitrogens is 1. The van der Waals surface area contributed by atoms with Crippen molar-refractivity contribution in [3.05, 3.63) is 59.4 Å². The predicted octanol–water partition coefficient (Wildman–Crippen LogP) is 2.40. The fourth-order valence-corrected chi connectivity index (χ4v) is 2.23. The summed E-state index contributed by atoms with van der Waals surface area (Å²) < 4.78 is 19.2. The number of benzene rings is 2. The second-order valence-electron chi connectivity index (χ2n) is 5.59. The maximum atomic E-state index is 13.6. The smallest absolute Gasteiger partial charge is 0.282 e. The first-order chi connectivity index (χ1) is 11.5. The monoisotopic (exact) mass is 351 g/mol. The number of rotatable bonds is 7. The minimum atomic E-state index is -0.443. The van der Waals surface area contributed by atoms with Crippen LogP contribution in [-0.2, 0) is 4.79 Å². The van der Waals surface area contributed by atoms with E-state index in [0.717, 1.165) is 10.6 Å². The molecule has 0 saturated heterocycles. The number of para-hydroxylation sites is 1. The van der Waals surface area contributed by atoms with Gasteiger partial charge in [0.15, 0.2) is 6.04 Å². The number of hydrogen-bond donors (Lipinski definition) is 2. The van der Waals surface area contributed by atoms with Crippen molar-refractivity contribution in [3.8, 4) is 5.75 Å². The molecular weight excluding hydrogens is 331 g/mol. The Morgan fingerprint density at radius 1 is 1.25 bits per heavy atom. The Balaban J connectivity index is 1.80. The van der Waals surface area contributed by atoms with Crippen LogP contribution in [0.3, 0.4) is 0 Å². The summed E-state index contributed by atoms with van der Waals surface area (Å²) in [6.07, 6.45) is 0. The Labute approximate surface area is 146 Å². The highest BCUT2D eigenvalue weighted by Crippen LogP contribution is 2.15. The van der Waals surface area contributed by atoms with Crippen LogP contribution in [0.5, 0.6) is 5.75 Å². The molecule has 4 nitrogen and oxygen atoms in total. The van der Waals surface area contributed by atoms with Gasteiger partial charge in [-0.3, -0.25) is 4.79 Å². The Morgan fingerprint density at radius 3 is 2.58 bits per heavy atom. The maximum Gasteiger partial charge on any atom is 0.282 e. The van der Waals surface area contributed by atoms with E-state index in [1.807, 2.05) is 7.05 Å². The summed E-state index contributed by atoms with van der Waals surface area (Å²) in [6, 6.07) is 12.9. The zero-order chi connectivity index (χ0) is 17.5. The highest BCUT2D eigenvalue weighted by atomic mass is 35.5. The Kier molecular flexibility index (Phi) is 6.58. The van der Waals surface area contributed by atoms with Gasteiger partial charge in [-0.1, -0.05) is 23.7 Å². The third-order valence-corrected chi connectivity index (χ3v) is 4.09. The average Bonchev–Trinajstić information content (AvgIpc) is 2.58. The summed E-state index contributed by atoms with van der Waals surface area (Å²) in [7, 11) is 1.90. The van der Waals surface area contributed by atoms with Crippen molar-refractivity contribution in [2.75, 3.05) is 25.5 Å². The van der Waals surface area contributed by atoms with Gasteiger partial charge in [-0.2, -0.15) is 0 Å². The van der Waals surface area contributed by atoms with Gasteiger partial charge in [0.05, 0.1) is 12.7 Å². The van der Waals surface area contributed by atoms with E-state index >= 15 is 0 Å². The van der Waals surface area contributed by atoms with Gasteiger partial charge in [-0.15, -0.1) is 0 Å². The van der Waals surface area contributed by atoms with E-state index in [1.165, 1.54) is 6.07 Å². The van der Waals surface area contributed by atoms with E-state index in [9.17, 15) is 9.18 Å². The van der Waals surface area contributed by atoms with E-state index in [4.69, 9.17) is 16.3 Å². The lowest BCUT2D eigenvalue weighted by molar-refractivity contribution is -0.894. The highest BCUT2D eigenvalue weighted by molar-refractivity contribution is 6.30. The Morgan fingerprint density at radius 2 is 1.92 bits per heavy atom. The molecule has 2 aromatic rings. The number of halogens is 2. The molecule has 0 fully saturated rings. The number of carbonyl (C=O) groups is 1. The summed E-state index contributed by atoms with van der Waals surface area (Å²) in [5.41, 5.74) is 0.194. The van der Waals surface area contributed by atoms with Gasteiger partial charge >= 0.3 is 0 Å². The van der Waals surface area contributed by atoms with Crippen LogP contribution in [0, 0.1) is 5.82 Å². The fraction of sp³-hybridized carbons (Fsp3) is 0.278.